The Bertz CT molecular complexity index is 1020. The summed E-state index contributed by atoms with van der Waals surface area (Å²) in [7, 11) is 1.56. The van der Waals surface area contributed by atoms with E-state index in [1.54, 1.807) is 38.3 Å². The highest BCUT2D eigenvalue weighted by atomic mass is 19.1. The summed E-state index contributed by atoms with van der Waals surface area (Å²) in [5.41, 5.74) is 1.49. The van der Waals surface area contributed by atoms with Gasteiger partial charge in [0.2, 0.25) is 0 Å². The number of amides is 1. The van der Waals surface area contributed by atoms with Crippen LogP contribution in [0.25, 0.3) is 5.69 Å². The number of aromatic nitrogens is 3. The van der Waals surface area contributed by atoms with Crippen molar-refractivity contribution in [2.75, 3.05) is 12.4 Å². The van der Waals surface area contributed by atoms with Crippen molar-refractivity contribution in [1.82, 2.24) is 15.0 Å². The van der Waals surface area contributed by atoms with E-state index in [1.807, 2.05) is 6.07 Å². The number of ether oxygens (including phenoxy) is 1. The molecule has 0 saturated heterocycles. The van der Waals surface area contributed by atoms with Crippen LogP contribution in [0.3, 0.4) is 0 Å². The normalized spacial score (nSPS) is 10.2. The minimum Gasteiger partial charge on any atom is -0.497 e. The lowest BCUT2D eigenvalue weighted by Crippen LogP contribution is -2.14. The topological polar surface area (TPSA) is 92.8 Å². The van der Waals surface area contributed by atoms with Crippen LogP contribution >= 0.6 is 0 Å². The fourth-order valence-corrected chi connectivity index (χ4v) is 2.41. The highest BCUT2D eigenvalue weighted by molar-refractivity contribution is 6.03. The molecule has 0 radical (unpaired) electrons. The Labute approximate surface area is 148 Å². The fourth-order valence-electron chi connectivity index (χ4n) is 2.41. The summed E-state index contributed by atoms with van der Waals surface area (Å²) in [5.74, 6) is -0.503. The molecule has 1 heterocycles. The largest absolute Gasteiger partial charge is 0.497 e. The first-order chi connectivity index (χ1) is 12.5. The molecule has 0 aliphatic rings. The average Bonchev–Trinajstić information content (AvgIpc) is 3.04. The summed E-state index contributed by atoms with van der Waals surface area (Å²) >= 11 is 0. The Morgan fingerprint density at radius 1 is 1.31 bits per heavy atom. The number of benzene rings is 2. The number of nitriles is 1. The van der Waals surface area contributed by atoms with E-state index >= 15 is 0 Å². The number of methoxy groups -OCH3 is 1. The summed E-state index contributed by atoms with van der Waals surface area (Å²) in [5, 5.41) is 19.4. The molecule has 0 spiro atoms. The van der Waals surface area contributed by atoms with Crippen molar-refractivity contribution in [2.24, 2.45) is 0 Å². The Kier molecular flexibility index (Phi) is 4.62. The lowest BCUT2D eigenvalue weighted by molar-refractivity contribution is 0.102. The van der Waals surface area contributed by atoms with E-state index in [4.69, 9.17) is 10.00 Å². The molecule has 7 nitrogen and oxygen atoms in total. The lowest BCUT2D eigenvalue weighted by Gasteiger charge is -2.07. The number of carbonyl (C=O) groups excluding carboxylic acids is 1. The van der Waals surface area contributed by atoms with E-state index in [1.165, 1.54) is 16.8 Å². The summed E-state index contributed by atoms with van der Waals surface area (Å²) in [6.45, 7) is 1.71. The monoisotopic (exact) mass is 351 g/mol. The molecule has 0 saturated carbocycles. The molecule has 130 valence electrons. The summed E-state index contributed by atoms with van der Waals surface area (Å²) in [6.07, 6.45) is 0. The zero-order valence-electron chi connectivity index (χ0n) is 14.0. The number of anilines is 1. The van der Waals surface area contributed by atoms with Crippen LogP contribution in [0, 0.1) is 24.1 Å². The quantitative estimate of drug-likeness (QED) is 0.780. The third-order valence-electron chi connectivity index (χ3n) is 3.75. The van der Waals surface area contributed by atoms with Gasteiger partial charge in [0.15, 0.2) is 5.69 Å². The van der Waals surface area contributed by atoms with Crippen LogP contribution in [0.4, 0.5) is 10.1 Å². The minimum atomic E-state index is -0.648. The molecule has 0 fully saturated rings. The Morgan fingerprint density at radius 2 is 2.12 bits per heavy atom. The predicted octanol–water partition coefficient (Wildman–Crippen LogP) is 2.85. The molecule has 0 aliphatic carbocycles. The van der Waals surface area contributed by atoms with Crippen LogP contribution < -0.4 is 10.1 Å². The van der Waals surface area contributed by atoms with Crippen LogP contribution in [0.5, 0.6) is 5.75 Å². The van der Waals surface area contributed by atoms with Gasteiger partial charge in [-0.15, -0.1) is 5.10 Å². The average molecular weight is 351 g/mol. The molecular weight excluding hydrogens is 337 g/mol. The van der Waals surface area contributed by atoms with Crippen LogP contribution in [0.1, 0.15) is 21.7 Å². The standard InChI is InChI=1S/C18H14FN5O2/c1-11-17(18(25)21-13-6-7-16(19)12(8-13)10-20)22-23-24(11)14-4-3-5-15(9-14)26-2/h3-9H,1-2H3,(H,21,25). The number of nitrogens with zero attached hydrogens (tertiary/aromatic N) is 4. The second kappa shape index (κ2) is 7.03. The smallest absolute Gasteiger partial charge is 0.278 e. The van der Waals surface area contributed by atoms with Crippen LogP contribution in [-0.2, 0) is 0 Å². The molecule has 0 bridgehead atoms. The fraction of sp³-hybridized carbons (Fsp3) is 0.111. The van der Waals surface area contributed by atoms with Gasteiger partial charge in [-0.2, -0.15) is 5.26 Å². The molecule has 26 heavy (non-hydrogen) atoms. The molecule has 0 atom stereocenters. The molecule has 3 aromatic rings. The van der Waals surface area contributed by atoms with Gasteiger partial charge in [-0.05, 0) is 37.3 Å². The van der Waals surface area contributed by atoms with Crippen molar-refractivity contribution in [2.45, 2.75) is 6.92 Å². The molecule has 1 amide bonds. The van der Waals surface area contributed by atoms with Crippen LogP contribution in [0.2, 0.25) is 0 Å². The van der Waals surface area contributed by atoms with Gasteiger partial charge in [-0.3, -0.25) is 4.79 Å². The number of hydrogen-bond donors (Lipinski definition) is 1. The van der Waals surface area contributed by atoms with Crippen molar-refractivity contribution in [3.63, 3.8) is 0 Å². The predicted molar refractivity (Wildman–Crippen MR) is 91.7 cm³/mol. The molecule has 1 aromatic heterocycles. The summed E-state index contributed by atoms with van der Waals surface area (Å²) in [4.78, 5) is 12.5. The lowest BCUT2D eigenvalue weighted by atomic mass is 10.2. The van der Waals surface area contributed by atoms with Crippen molar-refractivity contribution in [3.05, 3.63) is 65.2 Å². The Balaban J connectivity index is 1.87. The van der Waals surface area contributed by atoms with Gasteiger partial charge in [0.05, 0.1) is 24.1 Å². The molecule has 3 rings (SSSR count). The first kappa shape index (κ1) is 17.1. The summed E-state index contributed by atoms with van der Waals surface area (Å²) in [6, 6.07) is 12.7. The Morgan fingerprint density at radius 3 is 2.85 bits per heavy atom. The van der Waals surface area contributed by atoms with Gasteiger partial charge in [0, 0.05) is 11.8 Å². The molecule has 2 aromatic carbocycles. The molecule has 0 unspecified atom stereocenters. The first-order valence-electron chi connectivity index (χ1n) is 7.61. The molecule has 1 N–H and O–H groups in total. The minimum absolute atomic E-state index is 0.121. The molecule has 8 heteroatoms. The molecule has 0 aliphatic heterocycles. The second-order valence-corrected chi connectivity index (χ2v) is 5.40. The van der Waals surface area contributed by atoms with Gasteiger partial charge >= 0.3 is 0 Å². The molecular formula is C18H14FN5O2. The highest BCUT2D eigenvalue weighted by Gasteiger charge is 2.18. The van der Waals surface area contributed by atoms with E-state index < -0.39 is 11.7 Å². The SMILES string of the molecule is COc1cccc(-n2nnc(C(=O)Nc3ccc(F)c(C#N)c3)c2C)c1. The number of rotatable bonds is 4. The van der Waals surface area contributed by atoms with Crippen LogP contribution in [-0.4, -0.2) is 28.0 Å². The van der Waals surface area contributed by atoms with E-state index in [0.717, 1.165) is 6.07 Å². The van der Waals surface area contributed by atoms with Crippen LogP contribution in [0.15, 0.2) is 42.5 Å². The van der Waals surface area contributed by atoms with E-state index in [9.17, 15) is 9.18 Å². The first-order valence-corrected chi connectivity index (χ1v) is 7.61. The number of carbonyl (C=O) groups is 1. The van der Waals surface area contributed by atoms with E-state index in [-0.39, 0.29) is 11.3 Å². The van der Waals surface area contributed by atoms with Gasteiger partial charge in [-0.1, -0.05) is 11.3 Å². The van der Waals surface area contributed by atoms with Gasteiger partial charge in [0.1, 0.15) is 17.6 Å². The third-order valence-corrected chi connectivity index (χ3v) is 3.75. The van der Waals surface area contributed by atoms with E-state index in [0.29, 0.717) is 22.8 Å². The summed E-state index contributed by atoms with van der Waals surface area (Å²) < 4.78 is 20.1. The van der Waals surface area contributed by atoms with Crippen molar-refractivity contribution in [3.8, 4) is 17.5 Å². The van der Waals surface area contributed by atoms with Gasteiger partial charge < -0.3 is 10.1 Å². The van der Waals surface area contributed by atoms with Crippen molar-refractivity contribution < 1.29 is 13.9 Å². The maximum absolute atomic E-state index is 13.4. The zero-order chi connectivity index (χ0) is 18.7. The van der Waals surface area contributed by atoms with Crippen molar-refractivity contribution in [1.29, 1.82) is 5.26 Å². The van der Waals surface area contributed by atoms with Crippen molar-refractivity contribution >= 4 is 11.6 Å². The van der Waals surface area contributed by atoms with Gasteiger partial charge in [-0.25, -0.2) is 9.07 Å². The maximum Gasteiger partial charge on any atom is 0.278 e. The van der Waals surface area contributed by atoms with E-state index in [2.05, 4.69) is 15.6 Å². The third kappa shape index (κ3) is 3.23. The number of halogens is 1. The highest BCUT2D eigenvalue weighted by Crippen LogP contribution is 2.19. The second-order valence-electron chi connectivity index (χ2n) is 5.40. The maximum atomic E-state index is 13.4. The number of hydrogen-bond acceptors (Lipinski definition) is 5. The number of nitrogens with one attached hydrogen (secondary N) is 1. The Hall–Kier alpha value is -3.73. The van der Waals surface area contributed by atoms with Gasteiger partial charge in [0.25, 0.3) is 5.91 Å². The zero-order valence-corrected chi connectivity index (χ0v) is 14.0.